The molecule has 7 heteroatoms. The smallest absolute Gasteiger partial charge is 0.227 e. The fourth-order valence-corrected chi connectivity index (χ4v) is 3.97. The Kier molecular flexibility index (Phi) is 6.22. The van der Waals surface area contributed by atoms with E-state index in [9.17, 15) is 14.3 Å². The van der Waals surface area contributed by atoms with Crippen LogP contribution in [0.4, 0.5) is 4.39 Å². The van der Waals surface area contributed by atoms with Gasteiger partial charge < -0.3 is 24.3 Å². The van der Waals surface area contributed by atoms with Gasteiger partial charge in [0.15, 0.2) is 11.5 Å². The van der Waals surface area contributed by atoms with Crippen molar-refractivity contribution in [3.05, 3.63) is 82.6 Å². The van der Waals surface area contributed by atoms with Crippen LogP contribution in [0.5, 0.6) is 17.2 Å². The van der Waals surface area contributed by atoms with Gasteiger partial charge in [-0.3, -0.25) is 4.79 Å². The number of phenolic OH excluding ortho intramolecular Hbond substituents is 1. The second-order valence-corrected chi connectivity index (χ2v) is 7.66. The summed E-state index contributed by atoms with van der Waals surface area (Å²) >= 11 is 0. The Labute approximate surface area is 191 Å². The summed E-state index contributed by atoms with van der Waals surface area (Å²) in [6.45, 7) is 2.19. The molecule has 170 valence electrons. The summed E-state index contributed by atoms with van der Waals surface area (Å²) in [5.41, 5.74) is 4.97. The zero-order valence-electron chi connectivity index (χ0n) is 18.6. The molecule has 4 rings (SSSR count). The van der Waals surface area contributed by atoms with Crippen LogP contribution >= 0.6 is 0 Å². The van der Waals surface area contributed by atoms with E-state index in [2.05, 4.69) is 5.32 Å². The number of carbonyl (C=O) groups is 1. The van der Waals surface area contributed by atoms with Crippen molar-refractivity contribution >= 4 is 23.1 Å². The molecule has 0 radical (unpaired) electrons. The summed E-state index contributed by atoms with van der Waals surface area (Å²) < 4.78 is 29.9. The first-order chi connectivity index (χ1) is 15.9. The van der Waals surface area contributed by atoms with Crippen LogP contribution in [0, 0.1) is 5.82 Å². The van der Waals surface area contributed by atoms with Crippen LogP contribution < -0.4 is 14.8 Å². The average molecular weight is 449 g/mol. The highest BCUT2D eigenvalue weighted by molar-refractivity contribution is 6.06. The van der Waals surface area contributed by atoms with Crippen molar-refractivity contribution in [1.82, 2.24) is 5.32 Å². The van der Waals surface area contributed by atoms with E-state index in [4.69, 9.17) is 13.9 Å². The third kappa shape index (κ3) is 4.48. The molecule has 3 aromatic rings. The monoisotopic (exact) mass is 449 g/mol. The predicted molar refractivity (Wildman–Crippen MR) is 123 cm³/mol. The third-order valence-corrected chi connectivity index (χ3v) is 5.64. The highest BCUT2D eigenvalue weighted by atomic mass is 19.1. The van der Waals surface area contributed by atoms with Crippen molar-refractivity contribution < 1.29 is 28.2 Å². The van der Waals surface area contributed by atoms with Crippen LogP contribution in [0.1, 0.15) is 29.4 Å². The lowest BCUT2D eigenvalue weighted by Gasteiger charge is -2.11. The van der Waals surface area contributed by atoms with Crippen LogP contribution in [0.3, 0.4) is 0 Å². The number of hydrogen-bond acceptors (Lipinski definition) is 5. The molecule has 0 saturated carbocycles. The molecule has 1 aromatic heterocycles. The first kappa shape index (κ1) is 22.2. The molecule has 0 unspecified atom stereocenters. The molecular formula is C26H24FNO5. The highest BCUT2D eigenvalue weighted by Gasteiger charge is 2.25. The largest absolute Gasteiger partial charge is 0.502 e. The Morgan fingerprint density at radius 3 is 2.48 bits per heavy atom. The number of nitrogens with one attached hydrogen (secondary N) is 1. The van der Waals surface area contributed by atoms with Gasteiger partial charge in [0, 0.05) is 6.54 Å². The molecule has 0 bridgehead atoms. The molecule has 1 aliphatic rings. The van der Waals surface area contributed by atoms with Gasteiger partial charge in [0.25, 0.3) is 0 Å². The van der Waals surface area contributed by atoms with E-state index in [1.54, 1.807) is 30.3 Å². The highest BCUT2D eigenvalue weighted by Crippen LogP contribution is 2.44. The fourth-order valence-electron chi connectivity index (χ4n) is 3.97. The minimum Gasteiger partial charge on any atom is -0.502 e. The molecule has 0 saturated heterocycles. The quantitative estimate of drug-likeness (QED) is 0.540. The van der Waals surface area contributed by atoms with Gasteiger partial charge in [-0.1, -0.05) is 6.07 Å². The summed E-state index contributed by atoms with van der Waals surface area (Å²) in [6, 6.07) is 11.5. The predicted octanol–water partition coefficient (Wildman–Crippen LogP) is 4.83. The van der Waals surface area contributed by atoms with Crippen LogP contribution in [-0.4, -0.2) is 31.8 Å². The fraction of sp³-hybridized carbons (Fsp3) is 0.192. The second-order valence-electron chi connectivity index (χ2n) is 7.66. The van der Waals surface area contributed by atoms with Crippen molar-refractivity contribution in [3.63, 3.8) is 0 Å². The summed E-state index contributed by atoms with van der Waals surface area (Å²) in [7, 11) is 2.93. The van der Waals surface area contributed by atoms with Gasteiger partial charge in [-0.25, -0.2) is 4.39 Å². The van der Waals surface area contributed by atoms with Crippen molar-refractivity contribution in [1.29, 1.82) is 0 Å². The standard InChI is InChI=1S/C26H24FNO5/c1-15-20(9-16-10-23(31-2)26(30)24(11-16)32-3)19-7-6-17(27)12-21(19)22(15)14-28-25(29)13-18-5-4-8-33-18/h4-12,30H,13-14H2,1-3H3,(H,28,29)/b20-9-. The Morgan fingerprint density at radius 2 is 1.85 bits per heavy atom. The zero-order valence-corrected chi connectivity index (χ0v) is 18.6. The number of amides is 1. The lowest BCUT2D eigenvalue weighted by Crippen LogP contribution is -2.26. The molecule has 1 amide bonds. The van der Waals surface area contributed by atoms with Crippen LogP contribution in [0.2, 0.25) is 0 Å². The van der Waals surface area contributed by atoms with E-state index in [-0.39, 0.29) is 41.9 Å². The van der Waals surface area contributed by atoms with E-state index >= 15 is 0 Å². The Balaban J connectivity index is 1.69. The molecule has 1 heterocycles. The van der Waals surface area contributed by atoms with Crippen molar-refractivity contribution in [2.75, 3.05) is 20.8 Å². The molecular weight excluding hydrogens is 425 g/mol. The van der Waals surface area contributed by atoms with Gasteiger partial charge in [0.2, 0.25) is 11.7 Å². The average Bonchev–Trinajstić information content (AvgIpc) is 3.39. The normalized spacial score (nSPS) is 13.9. The molecule has 0 spiro atoms. The lowest BCUT2D eigenvalue weighted by molar-refractivity contribution is -0.120. The van der Waals surface area contributed by atoms with Gasteiger partial charge in [0.05, 0.1) is 26.9 Å². The number of furan rings is 1. The van der Waals surface area contributed by atoms with Crippen LogP contribution in [-0.2, 0) is 11.2 Å². The number of fused-ring (bicyclic) bond motifs is 1. The van der Waals surface area contributed by atoms with Crippen molar-refractivity contribution in [3.8, 4) is 17.2 Å². The number of rotatable bonds is 7. The van der Waals surface area contributed by atoms with Gasteiger partial charge in [-0.2, -0.15) is 0 Å². The first-order valence-electron chi connectivity index (χ1n) is 10.4. The van der Waals surface area contributed by atoms with Gasteiger partial charge in [-0.05, 0) is 82.8 Å². The van der Waals surface area contributed by atoms with Gasteiger partial charge >= 0.3 is 0 Å². The molecule has 2 N–H and O–H groups in total. The summed E-state index contributed by atoms with van der Waals surface area (Å²) in [6.07, 6.45) is 3.58. The summed E-state index contributed by atoms with van der Waals surface area (Å²) in [4.78, 5) is 12.4. The number of phenols is 1. The molecule has 0 aliphatic heterocycles. The summed E-state index contributed by atoms with van der Waals surface area (Å²) in [5.74, 6) is 0.523. The van der Waals surface area contributed by atoms with E-state index in [0.29, 0.717) is 5.76 Å². The van der Waals surface area contributed by atoms with Crippen molar-refractivity contribution in [2.24, 2.45) is 0 Å². The lowest BCUT2D eigenvalue weighted by atomic mass is 10.00. The first-order valence-corrected chi connectivity index (χ1v) is 10.4. The molecule has 1 aliphatic carbocycles. The van der Waals surface area contributed by atoms with Crippen molar-refractivity contribution in [2.45, 2.75) is 13.3 Å². The molecule has 6 nitrogen and oxygen atoms in total. The molecule has 33 heavy (non-hydrogen) atoms. The van der Waals surface area contributed by atoms with Gasteiger partial charge in [0.1, 0.15) is 11.6 Å². The number of hydrogen-bond donors (Lipinski definition) is 2. The zero-order chi connectivity index (χ0) is 23.5. The molecule has 0 fully saturated rings. The van der Waals surface area contributed by atoms with E-state index in [1.807, 2.05) is 13.0 Å². The number of benzene rings is 2. The van der Waals surface area contributed by atoms with Crippen LogP contribution in [0.25, 0.3) is 17.2 Å². The number of carbonyl (C=O) groups excluding carboxylic acids is 1. The minimum absolute atomic E-state index is 0.0803. The maximum atomic E-state index is 14.1. The van der Waals surface area contributed by atoms with E-state index in [0.717, 1.165) is 33.4 Å². The number of methoxy groups -OCH3 is 2. The third-order valence-electron chi connectivity index (χ3n) is 5.64. The summed E-state index contributed by atoms with van der Waals surface area (Å²) in [5, 5.41) is 13.1. The maximum absolute atomic E-state index is 14.1. The van der Waals surface area contributed by atoms with E-state index < -0.39 is 0 Å². The molecule has 0 atom stereocenters. The number of halogens is 1. The number of ether oxygens (including phenoxy) is 2. The topological polar surface area (TPSA) is 80.9 Å². The Bertz CT molecular complexity index is 1230. The Hall–Kier alpha value is -4.00. The number of allylic oxidation sites excluding steroid dienone is 2. The second kappa shape index (κ2) is 9.24. The Morgan fingerprint density at radius 1 is 1.12 bits per heavy atom. The van der Waals surface area contributed by atoms with Crippen LogP contribution in [0.15, 0.2) is 58.7 Å². The SMILES string of the molecule is COc1cc(/C=C2/C(C)=C(CNC(=O)Cc3ccco3)c3cc(F)ccc32)cc(OC)c1O. The number of aromatic hydroxyl groups is 1. The van der Waals surface area contributed by atoms with Gasteiger partial charge in [-0.15, -0.1) is 0 Å². The molecule has 2 aromatic carbocycles. The van der Waals surface area contributed by atoms with E-state index in [1.165, 1.54) is 32.6 Å². The maximum Gasteiger partial charge on any atom is 0.227 e. The minimum atomic E-state index is -0.352.